The van der Waals surface area contributed by atoms with E-state index in [4.69, 9.17) is 0 Å². The fraction of sp³-hybridized carbons (Fsp3) is 0.750. The summed E-state index contributed by atoms with van der Waals surface area (Å²) in [7, 11) is 0. The number of aryl methyl sites for hydroxylation is 2. The Morgan fingerprint density at radius 3 is 2.60 bits per heavy atom. The zero-order valence-corrected chi connectivity index (χ0v) is 12.8. The van der Waals surface area contributed by atoms with Gasteiger partial charge in [0, 0.05) is 19.0 Å². The second-order valence-electron chi connectivity index (χ2n) is 6.62. The summed E-state index contributed by atoms with van der Waals surface area (Å²) in [5, 5.41) is 11.0. The summed E-state index contributed by atoms with van der Waals surface area (Å²) >= 11 is 0. The Hall–Kier alpha value is -1.16. The van der Waals surface area contributed by atoms with Crippen LogP contribution in [-0.4, -0.2) is 33.8 Å². The molecule has 0 bridgehead atoms. The van der Waals surface area contributed by atoms with Gasteiger partial charge in [-0.05, 0) is 39.0 Å². The molecule has 1 aliphatic carbocycles. The molecule has 2 heterocycles. The van der Waals surface area contributed by atoms with E-state index in [1.54, 1.807) is 0 Å². The number of rotatable bonds is 2. The first kappa shape index (κ1) is 13.8. The van der Waals surface area contributed by atoms with Crippen LogP contribution in [0.1, 0.15) is 44.0 Å². The van der Waals surface area contributed by atoms with Gasteiger partial charge in [-0.2, -0.15) is 0 Å². The van der Waals surface area contributed by atoms with Gasteiger partial charge < -0.3 is 10.0 Å². The van der Waals surface area contributed by atoms with Crippen LogP contribution in [0.15, 0.2) is 6.20 Å². The third kappa shape index (κ3) is 2.20. The van der Waals surface area contributed by atoms with E-state index >= 15 is 0 Å². The summed E-state index contributed by atoms with van der Waals surface area (Å²) in [5.74, 6) is 1.77. The van der Waals surface area contributed by atoms with Crippen LogP contribution < -0.4 is 4.90 Å². The summed E-state index contributed by atoms with van der Waals surface area (Å²) in [5.41, 5.74) is 1.53. The molecule has 3 rings (SSSR count). The molecule has 4 nitrogen and oxygen atoms in total. The molecule has 0 radical (unpaired) electrons. The van der Waals surface area contributed by atoms with Crippen molar-refractivity contribution in [2.45, 2.75) is 52.1 Å². The number of hydrogen-bond donors (Lipinski definition) is 1. The van der Waals surface area contributed by atoms with Crippen molar-refractivity contribution in [1.82, 2.24) is 9.97 Å². The lowest BCUT2D eigenvalue weighted by Crippen LogP contribution is -2.56. The van der Waals surface area contributed by atoms with Crippen molar-refractivity contribution in [3.63, 3.8) is 0 Å². The minimum Gasteiger partial charge on any atom is -0.389 e. The molecular formula is C16H25N3O. The van der Waals surface area contributed by atoms with Crippen LogP contribution in [0, 0.1) is 25.7 Å². The first-order valence-electron chi connectivity index (χ1n) is 7.78. The smallest absolute Gasteiger partial charge is 0.147 e. The van der Waals surface area contributed by atoms with E-state index in [1.807, 2.05) is 20.0 Å². The molecule has 0 aromatic carbocycles. The molecule has 1 saturated heterocycles. The van der Waals surface area contributed by atoms with Gasteiger partial charge in [0.15, 0.2) is 0 Å². The highest BCUT2D eigenvalue weighted by atomic mass is 16.3. The van der Waals surface area contributed by atoms with Crippen LogP contribution in [0.2, 0.25) is 0 Å². The molecule has 2 aliphatic rings. The second-order valence-corrected chi connectivity index (χ2v) is 6.62. The van der Waals surface area contributed by atoms with Crippen LogP contribution in [0.5, 0.6) is 0 Å². The largest absolute Gasteiger partial charge is 0.389 e. The highest BCUT2D eigenvalue weighted by Gasteiger charge is 2.47. The fourth-order valence-electron chi connectivity index (χ4n) is 3.55. The van der Waals surface area contributed by atoms with Crippen LogP contribution in [0.4, 0.5) is 5.82 Å². The Labute approximate surface area is 121 Å². The van der Waals surface area contributed by atoms with Crippen molar-refractivity contribution in [2.24, 2.45) is 11.8 Å². The summed E-state index contributed by atoms with van der Waals surface area (Å²) < 4.78 is 0. The van der Waals surface area contributed by atoms with Crippen molar-refractivity contribution in [2.75, 3.05) is 18.0 Å². The molecule has 20 heavy (non-hydrogen) atoms. The lowest BCUT2D eigenvalue weighted by molar-refractivity contribution is -0.102. The van der Waals surface area contributed by atoms with E-state index in [0.29, 0.717) is 11.8 Å². The number of anilines is 1. The molecule has 1 N–H and O–H groups in total. The number of aliphatic hydroxyl groups is 1. The van der Waals surface area contributed by atoms with Gasteiger partial charge in [-0.15, -0.1) is 0 Å². The Kier molecular flexibility index (Phi) is 3.44. The lowest BCUT2D eigenvalue weighted by atomic mass is 9.65. The number of nitrogens with zero attached hydrogens (tertiary/aromatic N) is 3. The van der Waals surface area contributed by atoms with Crippen molar-refractivity contribution >= 4 is 5.82 Å². The molecule has 0 unspecified atom stereocenters. The summed E-state index contributed by atoms with van der Waals surface area (Å²) in [4.78, 5) is 11.3. The maximum atomic E-state index is 11.0. The standard InChI is InChI=1S/C16H25N3O/c1-11-10-19(15-9-17-12(2)13(3)18-15)8-7-16(11,20)14-5-4-6-14/h9,11,14,20H,4-8,10H2,1-3H3/t11-,16+/m1/s1. The predicted octanol–water partition coefficient (Wildman–Crippen LogP) is 2.47. The van der Waals surface area contributed by atoms with E-state index in [2.05, 4.69) is 21.8 Å². The van der Waals surface area contributed by atoms with Crippen LogP contribution in [0.25, 0.3) is 0 Å². The van der Waals surface area contributed by atoms with Crippen LogP contribution >= 0.6 is 0 Å². The van der Waals surface area contributed by atoms with E-state index < -0.39 is 5.60 Å². The van der Waals surface area contributed by atoms with E-state index in [1.165, 1.54) is 19.3 Å². The summed E-state index contributed by atoms with van der Waals surface area (Å²) in [6, 6.07) is 0. The lowest BCUT2D eigenvalue weighted by Gasteiger charge is -2.50. The molecule has 1 aromatic heterocycles. The van der Waals surface area contributed by atoms with Crippen molar-refractivity contribution in [3.8, 4) is 0 Å². The van der Waals surface area contributed by atoms with Crippen molar-refractivity contribution in [1.29, 1.82) is 0 Å². The average Bonchev–Trinajstić information content (AvgIpc) is 2.34. The van der Waals surface area contributed by atoms with Crippen LogP contribution in [0.3, 0.4) is 0 Å². The van der Waals surface area contributed by atoms with Gasteiger partial charge in [-0.25, -0.2) is 4.98 Å². The first-order chi connectivity index (χ1) is 9.50. The van der Waals surface area contributed by atoms with Crippen molar-refractivity contribution in [3.05, 3.63) is 17.6 Å². The van der Waals surface area contributed by atoms with E-state index in [9.17, 15) is 5.11 Å². The van der Waals surface area contributed by atoms with Gasteiger partial charge in [0.05, 0.1) is 23.2 Å². The van der Waals surface area contributed by atoms with Gasteiger partial charge in [-0.3, -0.25) is 4.98 Å². The fourth-order valence-corrected chi connectivity index (χ4v) is 3.55. The molecule has 2 atom stereocenters. The highest BCUT2D eigenvalue weighted by molar-refractivity contribution is 5.38. The Morgan fingerprint density at radius 2 is 2.05 bits per heavy atom. The second kappa shape index (κ2) is 4.99. The molecular weight excluding hydrogens is 250 g/mol. The Morgan fingerprint density at radius 1 is 1.30 bits per heavy atom. The number of piperidine rings is 1. The maximum Gasteiger partial charge on any atom is 0.147 e. The molecule has 1 aliphatic heterocycles. The highest BCUT2D eigenvalue weighted by Crippen LogP contribution is 2.44. The van der Waals surface area contributed by atoms with Gasteiger partial charge >= 0.3 is 0 Å². The third-order valence-corrected chi connectivity index (χ3v) is 5.45. The number of hydrogen-bond acceptors (Lipinski definition) is 4. The molecule has 0 amide bonds. The predicted molar refractivity (Wildman–Crippen MR) is 79.8 cm³/mol. The minimum absolute atomic E-state index is 0.296. The molecule has 4 heteroatoms. The van der Waals surface area contributed by atoms with Crippen molar-refractivity contribution < 1.29 is 5.11 Å². The molecule has 1 aromatic rings. The zero-order chi connectivity index (χ0) is 14.3. The Balaban J connectivity index is 1.74. The maximum absolute atomic E-state index is 11.0. The monoisotopic (exact) mass is 275 g/mol. The van der Waals surface area contributed by atoms with Gasteiger partial charge in [0.2, 0.25) is 0 Å². The van der Waals surface area contributed by atoms with Crippen LogP contribution in [-0.2, 0) is 0 Å². The normalized spacial score (nSPS) is 31.2. The SMILES string of the molecule is Cc1ncc(N2CC[C@@](O)(C3CCC3)[C@H](C)C2)nc1C. The third-order valence-electron chi connectivity index (χ3n) is 5.45. The minimum atomic E-state index is -0.456. The van der Waals surface area contributed by atoms with Gasteiger partial charge in [-0.1, -0.05) is 13.3 Å². The molecule has 1 saturated carbocycles. The van der Waals surface area contributed by atoms with E-state index in [-0.39, 0.29) is 0 Å². The average molecular weight is 275 g/mol. The molecule has 110 valence electrons. The number of aromatic nitrogens is 2. The van der Waals surface area contributed by atoms with E-state index in [0.717, 1.165) is 36.7 Å². The summed E-state index contributed by atoms with van der Waals surface area (Å²) in [6.45, 7) is 7.93. The Bertz CT molecular complexity index is 500. The van der Waals surface area contributed by atoms with Gasteiger partial charge in [0.1, 0.15) is 5.82 Å². The first-order valence-corrected chi connectivity index (χ1v) is 7.78. The van der Waals surface area contributed by atoms with Gasteiger partial charge in [0.25, 0.3) is 0 Å². The molecule has 2 fully saturated rings. The quantitative estimate of drug-likeness (QED) is 0.901. The molecule has 0 spiro atoms. The topological polar surface area (TPSA) is 49.2 Å². The zero-order valence-electron chi connectivity index (χ0n) is 12.8. The summed E-state index contributed by atoms with van der Waals surface area (Å²) in [6.07, 6.45) is 6.40.